The first kappa shape index (κ1) is 18.1. The van der Waals surface area contributed by atoms with Gasteiger partial charge in [0.15, 0.2) is 0 Å². The molecule has 0 spiro atoms. The third-order valence-corrected chi connectivity index (χ3v) is 8.18. The summed E-state index contributed by atoms with van der Waals surface area (Å²) in [7, 11) is 0. The fourth-order valence-electron chi connectivity index (χ4n) is 7.37. The minimum absolute atomic E-state index is 0.00782. The van der Waals surface area contributed by atoms with Gasteiger partial charge < -0.3 is 0 Å². The highest BCUT2D eigenvalue weighted by atomic mass is 16.2. The molecule has 1 aliphatic heterocycles. The monoisotopic (exact) mass is 399 g/mol. The Hall–Kier alpha value is -2.75. The molecule has 2 aromatic carbocycles. The van der Waals surface area contributed by atoms with E-state index in [4.69, 9.17) is 0 Å². The zero-order valence-electron chi connectivity index (χ0n) is 17.2. The molecule has 0 saturated heterocycles. The summed E-state index contributed by atoms with van der Waals surface area (Å²) in [6, 6.07) is 15.6. The van der Waals surface area contributed by atoms with Crippen LogP contribution in [0.25, 0.3) is 0 Å². The maximum atomic E-state index is 13.9. The molecule has 5 aliphatic rings. The van der Waals surface area contributed by atoms with Crippen molar-refractivity contribution >= 4 is 17.7 Å². The number of fused-ring (bicyclic) bond motifs is 1. The summed E-state index contributed by atoms with van der Waals surface area (Å²) in [4.78, 5) is 40.9. The van der Waals surface area contributed by atoms with Crippen molar-refractivity contribution in [2.24, 2.45) is 17.3 Å². The molecular formula is C26H25NO3. The number of aryl methyl sites for hydroxylation is 1. The van der Waals surface area contributed by atoms with Gasteiger partial charge in [-0.2, -0.15) is 0 Å². The van der Waals surface area contributed by atoms with Crippen LogP contribution in [0.2, 0.25) is 0 Å². The van der Waals surface area contributed by atoms with E-state index in [0.29, 0.717) is 23.0 Å². The van der Waals surface area contributed by atoms with Crippen LogP contribution in [0.1, 0.15) is 70.4 Å². The number of nitrogens with zero attached hydrogens (tertiary/aromatic N) is 1. The second-order valence-corrected chi connectivity index (χ2v) is 10.2. The number of hydrogen-bond donors (Lipinski definition) is 0. The predicted octanol–water partition coefficient (Wildman–Crippen LogP) is 4.66. The lowest BCUT2D eigenvalue weighted by Crippen LogP contribution is -2.60. The molecule has 4 fully saturated rings. The van der Waals surface area contributed by atoms with Crippen molar-refractivity contribution in [3.05, 3.63) is 70.8 Å². The number of hydrogen-bond acceptors (Lipinski definition) is 3. The Labute approximate surface area is 176 Å². The van der Waals surface area contributed by atoms with Gasteiger partial charge in [-0.15, -0.1) is 0 Å². The van der Waals surface area contributed by atoms with E-state index in [1.54, 1.807) is 24.3 Å². The standard InChI is InChI=1S/C26H25NO3/c1-16-6-8-19(9-7-16)25-11-17-10-18(12-25)14-26(13-17,15-25)24(30)27-22(28)20-4-2-3-5-21(20)23(27)29/h2-9,17-18H,10-15H2,1H3/t17-,18-,25?,26?/m1/s1. The quantitative estimate of drug-likeness (QED) is 0.691. The Morgan fingerprint density at radius 2 is 1.43 bits per heavy atom. The van der Waals surface area contributed by atoms with Gasteiger partial charge in [-0.05, 0) is 80.4 Å². The molecular weight excluding hydrogens is 374 g/mol. The van der Waals surface area contributed by atoms with E-state index in [1.807, 2.05) is 0 Å². The molecule has 0 aromatic heterocycles. The summed E-state index contributed by atoms with van der Waals surface area (Å²) in [5.41, 5.74) is 2.67. The number of benzene rings is 2. The minimum Gasteiger partial charge on any atom is -0.273 e. The van der Waals surface area contributed by atoms with Gasteiger partial charge in [0.1, 0.15) is 0 Å². The summed E-state index contributed by atoms with van der Waals surface area (Å²) in [5, 5.41) is 0. The molecule has 0 unspecified atom stereocenters. The number of carbonyl (C=O) groups excluding carboxylic acids is 3. The largest absolute Gasteiger partial charge is 0.273 e. The average molecular weight is 399 g/mol. The van der Waals surface area contributed by atoms with E-state index in [0.717, 1.165) is 37.0 Å². The van der Waals surface area contributed by atoms with Crippen LogP contribution >= 0.6 is 0 Å². The van der Waals surface area contributed by atoms with Crippen molar-refractivity contribution in [2.75, 3.05) is 0 Å². The number of imide groups is 3. The molecule has 0 N–H and O–H groups in total. The lowest BCUT2D eigenvalue weighted by atomic mass is 9.42. The summed E-state index contributed by atoms with van der Waals surface area (Å²) in [6.45, 7) is 2.09. The Kier molecular flexibility index (Phi) is 3.55. The maximum absolute atomic E-state index is 13.9. The molecule has 2 atom stereocenters. The zero-order valence-corrected chi connectivity index (χ0v) is 17.2. The summed E-state index contributed by atoms with van der Waals surface area (Å²) in [6.07, 6.45) is 5.77. The molecule has 4 bridgehead atoms. The molecule has 1 heterocycles. The van der Waals surface area contributed by atoms with E-state index < -0.39 is 17.2 Å². The van der Waals surface area contributed by atoms with E-state index in [1.165, 1.54) is 17.5 Å². The van der Waals surface area contributed by atoms with Crippen LogP contribution in [-0.4, -0.2) is 22.6 Å². The van der Waals surface area contributed by atoms with Crippen LogP contribution in [0.4, 0.5) is 0 Å². The van der Waals surface area contributed by atoms with Gasteiger partial charge >= 0.3 is 0 Å². The van der Waals surface area contributed by atoms with Crippen molar-refractivity contribution in [3.8, 4) is 0 Å². The molecule has 0 radical (unpaired) electrons. The highest BCUT2D eigenvalue weighted by molar-refractivity contribution is 6.29. The average Bonchev–Trinajstić information content (AvgIpc) is 2.97. The molecule has 152 valence electrons. The first-order chi connectivity index (χ1) is 14.4. The Balaban J connectivity index is 1.40. The van der Waals surface area contributed by atoms with Crippen LogP contribution < -0.4 is 0 Å². The van der Waals surface area contributed by atoms with Crippen LogP contribution in [-0.2, 0) is 10.2 Å². The fraction of sp³-hybridized carbons (Fsp3) is 0.423. The highest BCUT2D eigenvalue weighted by Crippen LogP contribution is 2.66. The van der Waals surface area contributed by atoms with Crippen molar-refractivity contribution in [3.63, 3.8) is 0 Å². The maximum Gasteiger partial charge on any atom is 0.268 e. The first-order valence-electron chi connectivity index (χ1n) is 11.0. The van der Waals surface area contributed by atoms with Crippen LogP contribution in [0.3, 0.4) is 0 Å². The van der Waals surface area contributed by atoms with Gasteiger partial charge in [0.05, 0.1) is 16.5 Å². The molecule has 4 nitrogen and oxygen atoms in total. The SMILES string of the molecule is Cc1ccc(C23C[C@H]4C[C@@H](CC(C(=O)N5C(=O)c6ccccc6C5=O)(C4)C2)C3)cc1. The Morgan fingerprint density at radius 1 is 0.867 bits per heavy atom. The minimum atomic E-state index is -0.595. The number of amides is 3. The second kappa shape index (κ2) is 5.90. The topological polar surface area (TPSA) is 54.5 Å². The summed E-state index contributed by atoms with van der Waals surface area (Å²) >= 11 is 0. The first-order valence-corrected chi connectivity index (χ1v) is 11.0. The normalized spacial score (nSPS) is 33.8. The lowest BCUT2D eigenvalue weighted by Gasteiger charge is -2.61. The van der Waals surface area contributed by atoms with Gasteiger partial charge in [0.2, 0.25) is 5.91 Å². The van der Waals surface area contributed by atoms with E-state index >= 15 is 0 Å². The van der Waals surface area contributed by atoms with Gasteiger partial charge in [-0.25, -0.2) is 4.90 Å². The molecule has 7 rings (SSSR count). The molecule has 30 heavy (non-hydrogen) atoms. The highest BCUT2D eigenvalue weighted by Gasteiger charge is 2.63. The van der Waals surface area contributed by atoms with E-state index in [2.05, 4.69) is 31.2 Å². The molecule has 2 aromatic rings. The van der Waals surface area contributed by atoms with Gasteiger partial charge in [0, 0.05) is 0 Å². The Bertz CT molecular complexity index is 1050. The summed E-state index contributed by atoms with van der Waals surface area (Å²) in [5.74, 6) is -0.154. The van der Waals surface area contributed by atoms with Gasteiger partial charge in [-0.1, -0.05) is 42.0 Å². The smallest absolute Gasteiger partial charge is 0.268 e. The predicted molar refractivity (Wildman–Crippen MR) is 112 cm³/mol. The van der Waals surface area contributed by atoms with E-state index in [-0.39, 0.29) is 11.3 Å². The van der Waals surface area contributed by atoms with Crippen molar-refractivity contribution in [1.82, 2.24) is 4.90 Å². The van der Waals surface area contributed by atoms with Crippen LogP contribution in [0, 0.1) is 24.2 Å². The van der Waals surface area contributed by atoms with Crippen molar-refractivity contribution in [2.45, 2.75) is 50.9 Å². The molecule has 4 aliphatic carbocycles. The third-order valence-electron chi connectivity index (χ3n) is 8.18. The van der Waals surface area contributed by atoms with Crippen LogP contribution in [0.15, 0.2) is 48.5 Å². The Morgan fingerprint density at radius 3 is 2.00 bits per heavy atom. The molecule has 4 saturated carbocycles. The summed E-state index contributed by atoms with van der Waals surface area (Å²) < 4.78 is 0. The zero-order chi connectivity index (χ0) is 20.7. The van der Waals surface area contributed by atoms with E-state index in [9.17, 15) is 14.4 Å². The number of carbonyl (C=O) groups is 3. The lowest BCUT2D eigenvalue weighted by molar-refractivity contribution is -0.154. The third kappa shape index (κ3) is 2.31. The van der Waals surface area contributed by atoms with Crippen molar-refractivity contribution < 1.29 is 14.4 Å². The second-order valence-electron chi connectivity index (χ2n) is 10.2. The van der Waals surface area contributed by atoms with Gasteiger partial charge in [-0.3, -0.25) is 14.4 Å². The molecule has 3 amide bonds. The van der Waals surface area contributed by atoms with Crippen LogP contribution in [0.5, 0.6) is 0 Å². The molecule has 4 heteroatoms. The van der Waals surface area contributed by atoms with Gasteiger partial charge in [0.25, 0.3) is 11.8 Å². The fourth-order valence-corrected chi connectivity index (χ4v) is 7.37. The van der Waals surface area contributed by atoms with Crippen molar-refractivity contribution in [1.29, 1.82) is 0 Å². The number of rotatable bonds is 2.